The van der Waals surface area contributed by atoms with Crippen molar-refractivity contribution in [2.75, 3.05) is 11.9 Å². The predicted molar refractivity (Wildman–Crippen MR) is 76.3 cm³/mol. The fraction of sp³-hybridized carbons (Fsp3) is 0.357. The predicted octanol–water partition coefficient (Wildman–Crippen LogP) is 1.09. The molecule has 1 unspecified atom stereocenters. The molecule has 1 aromatic carbocycles. The first-order chi connectivity index (χ1) is 9.95. The zero-order valence-electron chi connectivity index (χ0n) is 11.6. The van der Waals surface area contributed by atoms with Gasteiger partial charge in [0, 0.05) is 24.7 Å². The number of nitrogens with one attached hydrogen (secondary N) is 3. The summed E-state index contributed by atoms with van der Waals surface area (Å²) in [5.41, 5.74) is 1.33. The molecule has 4 N–H and O–H groups in total. The number of carboxylic acid groups (broad SMARTS) is 1. The van der Waals surface area contributed by atoms with Crippen LogP contribution in [0.3, 0.4) is 0 Å². The number of benzene rings is 1. The average molecular weight is 291 g/mol. The van der Waals surface area contributed by atoms with Crippen molar-refractivity contribution in [1.29, 1.82) is 0 Å². The Labute approximate surface area is 121 Å². The molecule has 0 radical (unpaired) electrons. The van der Waals surface area contributed by atoms with Crippen molar-refractivity contribution < 1.29 is 19.5 Å². The van der Waals surface area contributed by atoms with E-state index in [1.807, 2.05) is 0 Å². The summed E-state index contributed by atoms with van der Waals surface area (Å²) < 4.78 is 0. The number of carbonyl (C=O) groups is 3. The smallest absolute Gasteiger partial charge is 0.335 e. The van der Waals surface area contributed by atoms with Crippen LogP contribution < -0.4 is 16.0 Å². The molecular weight excluding hydrogens is 274 g/mol. The molecule has 1 aliphatic rings. The van der Waals surface area contributed by atoms with Crippen LogP contribution in [0, 0.1) is 6.92 Å². The molecule has 0 saturated carbocycles. The highest BCUT2D eigenvalue weighted by Crippen LogP contribution is 2.17. The summed E-state index contributed by atoms with van der Waals surface area (Å²) in [5, 5.41) is 17.0. The highest BCUT2D eigenvalue weighted by molar-refractivity contribution is 5.94. The Kier molecular flexibility index (Phi) is 4.42. The van der Waals surface area contributed by atoms with E-state index in [2.05, 4.69) is 16.0 Å². The molecule has 7 heteroatoms. The minimum Gasteiger partial charge on any atom is -0.478 e. The monoisotopic (exact) mass is 291 g/mol. The third-order valence-corrected chi connectivity index (χ3v) is 3.33. The molecule has 7 nitrogen and oxygen atoms in total. The van der Waals surface area contributed by atoms with Gasteiger partial charge in [-0.3, -0.25) is 4.79 Å². The lowest BCUT2D eigenvalue weighted by atomic mass is 10.1. The summed E-state index contributed by atoms with van der Waals surface area (Å²) in [4.78, 5) is 33.9. The van der Waals surface area contributed by atoms with Crippen molar-refractivity contribution >= 4 is 23.6 Å². The van der Waals surface area contributed by atoms with Crippen molar-refractivity contribution in [3.05, 3.63) is 29.3 Å². The number of hydrogen-bond acceptors (Lipinski definition) is 3. The van der Waals surface area contributed by atoms with Gasteiger partial charge >= 0.3 is 12.0 Å². The zero-order chi connectivity index (χ0) is 15.4. The van der Waals surface area contributed by atoms with Gasteiger partial charge in [0.25, 0.3) is 0 Å². The molecule has 0 spiro atoms. The number of amides is 3. The molecule has 1 atom stereocenters. The third kappa shape index (κ3) is 3.95. The van der Waals surface area contributed by atoms with Gasteiger partial charge < -0.3 is 21.1 Å². The second-order valence-corrected chi connectivity index (χ2v) is 4.97. The van der Waals surface area contributed by atoms with Gasteiger partial charge in [0.15, 0.2) is 0 Å². The Morgan fingerprint density at radius 2 is 2.14 bits per heavy atom. The van der Waals surface area contributed by atoms with E-state index in [-0.39, 0.29) is 17.5 Å². The Bertz CT molecular complexity index is 576. The van der Waals surface area contributed by atoms with Crippen molar-refractivity contribution in [3.63, 3.8) is 0 Å². The van der Waals surface area contributed by atoms with E-state index >= 15 is 0 Å². The van der Waals surface area contributed by atoms with Crippen molar-refractivity contribution in [3.8, 4) is 0 Å². The molecule has 1 saturated heterocycles. The number of rotatable bonds is 3. The number of hydrogen-bond donors (Lipinski definition) is 4. The van der Waals surface area contributed by atoms with Gasteiger partial charge in [0.1, 0.15) is 0 Å². The Morgan fingerprint density at radius 3 is 2.76 bits per heavy atom. The van der Waals surface area contributed by atoms with E-state index in [4.69, 9.17) is 5.11 Å². The summed E-state index contributed by atoms with van der Waals surface area (Å²) in [5.74, 6) is -1.06. The van der Waals surface area contributed by atoms with Crippen LogP contribution in [0.15, 0.2) is 18.2 Å². The molecule has 0 bridgehead atoms. The lowest BCUT2D eigenvalue weighted by molar-refractivity contribution is -0.122. The highest BCUT2D eigenvalue weighted by atomic mass is 16.4. The minimum absolute atomic E-state index is 0.0153. The molecule has 1 aromatic rings. The van der Waals surface area contributed by atoms with Gasteiger partial charge in [0.2, 0.25) is 5.91 Å². The fourth-order valence-electron chi connectivity index (χ4n) is 2.09. The first-order valence-electron chi connectivity index (χ1n) is 6.64. The van der Waals surface area contributed by atoms with Gasteiger partial charge in [-0.25, -0.2) is 9.59 Å². The third-order valence-electron chi connectivity index (χ3n) is 3.33. The fourth-order valence-corrected chi connectivity index (χ4v) is 2.09. The number of anilines is 1. The van der Waals surface area contributed by atoms with E-state index in [1.165, 1.54) is 12.1 Å². The summed E-state index contributed by atoms with van der Waals surface area (Å²) in [6.07, 6.45) is 0.978. The molecule has 0 aliphatic carbocycles. The molecule has 1 aliphatic heterocycles. The Hall–Kier alpha value is -2.57. The van der Waals surface area contributed by atoms with Crippen molar-refractivity contribution in [2.24, 2.45) is 0 Å². The van der Waals surface area contributed by atoms with Gasteiger partial charge in [-0.05, 0) is 31.0 Å². The molecule has 21 heavy (non-hydrogen) atoms. The maximum atomic E-state index is 11.9. The SMILES string of the molecule is Cc1ccc(C(=O)O)cc1NC(=O)NC1CCC(=O)NC1. The van der Waals surface area contributed by atoms with Gasteiger partial charge in [-0.15, -0.1) is 0 Å². The molecule has 3 amide bonds. The van der Waals surface area contributed by atoms with Crippen LogP contribution in [-0.4, -0.2) is 35.6 Å². The normalized spacial score (nSPS) is 17.8. The summed E-state index contributed by atoms with van der Waals surface area (Å²) in [6.45, 7) is 2.18. The number of carbonyl (C=O) groups excluding carboxylic acids is 2. The molecule has 1 fully saturated rings. The lowest BCUT2D eigenvalue weighted by Crippen LogP contribution is -2.48. The van der Waals surface area contributed by atoms with Crippen LogP contribution in [0.4, 0.5) is 10.5 Å². The number of aryl methyl sites for hydroxylation is 1. The van der Waals surface area contributed by atoms with Crippen LogP contribution >= 0.6 is 0 Å². The largest absolute Gasteiger partial charge is 0.478 e. The lowest BCUT2D eigenvalue weighted by Gasteiger charge is -2.23. The van der Waals surface area contributed by atoms with Gasteiger partial charge in [-0.1, -0.05) is 6.07 Å². The second-order valence-electron chi connectivity index (χ2n) is 4.97. The molecular formula is C14H17N3O4. The molecule has 1 heterocycles. The average Bonchev–Trinajstić information content (AvgIpc) is 2.43. The van der Waals surface area contributed by atoms with Crippen LogP contribution in [0.2, 0.25) is 0 Å². The summed E-state index contributed by atoms with van der Waals surface area (Å²) in [7, 11) is 0. The Balaban J connectivity index is 1.97. The number of piperidine rings is 1. The molecule has 2 rings (SSSR count). The second kappa shape index (κ2) is 6.25. The first kappa shape index (κ1) is 14.8. The summed E-state index contributed by atoms with van der Waals surface area (Å²) >= 11 is 0. The van der Waals surface area contributed by atoms with Crippen molar-refractivity contribution in [1.82, 2.24) is 10.6 Å². The maximum Gasteiger partial charge on any atom is 0.335 e. The van der Waals surface area contributed by atoms with E-state index < -0.39 is 12.0 Å². The van der Waals surface area contributed by atoms with Crippen LogP contribution in [0.5, 0.6) is 0 Å². The van der Waals surface area contributed by atoms with E-state index in [0.29, 0.717) is 25.1 Å². The quantitative estimate of drug-likeness (QED) is 0.668. The van der Waals surface area contributed by atoms with Crippen molar-refractivity contribution in [2.45, 2.75) is 25.8 Å². The molecule has 0 aromatic heterocycles. The molecule has 112 valence electrons. The van der Waals surface area contributed by atoms with Crippen LogP contribution in [-0.2, 0) is 4.79 Å². The Morgan fingerprint density at radius 1 is 1.38 bits per heavy atom. The highest BCUT2D eigenvalue weighted by Gasteiger charge is 2.19. The zero-order valence-corrected chi connectivity index (χ0v) is 11.6. The minimum atomic E-state index is -1.05. The first-order valence-corrected chi connectivity index (χ1v) is 6.64. The van der Waals surface area contributed by atoms with Gasteiger partial charge in [0.05, 0.1) is 5.56 Å². The topological polar surface area (TPSA) is 108 Å². The number of aromatic carboxylic acids is 1. The van der Waals surface area contributed by atoms with Crippen LogP contribution in [0.1, 0.15) is 28.8 Å². The van der Waals surface area contributed by atoms with Gasteiger partial charge in [-0.2, -0.15) is 0 Å². The summed E-state index contributed by atoms with van der Waals surface area (Å²) in [6, 6.07) is 4.00. The van der Waals surface area contributed by atoms with E-state index in [9.17, 15) is 14.4 Å². The standard InChI is InChI=1S/C14H17N3O4/c1-8-2-3-9(13(19)20)6-11(8)17-14(21)16-10-4-5-12(18)15-7-10/h2-3,6,10H,4-5,7H2,1H3,(H,15,18)(H,19,20)(H2,16,17,21). The van der Waals surface area contributed by atoms with E-state index in [0.717, 1.165) is 5.56 Å². The van der Waals surface area contributed by atoms with E-state index in [1.54, 1.807) is 13.0 Å². The van der Waals surface area contributed by atoms with Crippen LogP contribution in [0.25, 0.3) is 0 Å². The number of urea groups is 1. The maximum absolute atomic E-state index is 11.9. The number of carboxylic acids is 1.